The zero-order valence-corrected chi connectivity index (χ0v) is 13.4. The molecule has 3 rings (SSSR count). The predicted octanol–water partition coefficient (Wildman–Crippen LogP) is 3.80. The first-order valence-electron chi connectivity index (χ1n) is 6.01. The Labute approximate surface area is 132 Å². The number of aliphatic hydroxyl groups is 1. The van der Waals surface area contributed by atoms with Gasteiger partial charge in [0, 0.05) is 0 Å². The van der Waals surface area contributed by atoms with Crippen LogP contribution in [0.3, 0.4) is 0 Å². The van der Waals surface area contributed by atoms with Crippen molar-refractivity contribution in [1.29, 1.82) is 0 Å². The topological polar surface area (TPSA) is 46.5 Å². The van der Waals surface area contributed by atoms with Crippen molar-refractivity contribution in [2.45, 2.75) is 12.2 Å². The first kappa shape index (κ1) is 13.8. The van der Waals surface area contributed by atoms with Crippen molar-refractivity contribution in [2.24, 2.45) is 0 Å². The number of benzene rings is 2. The van der Waals surface area contributed by atoms with Crippen molar-refractivity contribution in [1.82, 2.24) is 0 Å². The highest BCUT2D eigenvalue weighted by molar-refractivity contribution is 9.14. The van der Waals surface area contributed by atoms with Gasteiger partial charge in [-0.05, 0) is 48.2 Å². The van der Waals surface area contributed by atoms with Gasteiger partial charge in [-0.25, -0.2) is 4.79 Å². The van der Waals surface area contributed by atoms with Crippen LogP contribution in [0.4, 0.5) is 0 Å². The summed E-state index contributed by atoms with van der Waals surface area (Å²) >= 11 is 6.45. The molecule has 0 aliphatic carbocycles. The first-order valence-corrected chi connectivity index (χ1v) is 7.60. The number of rotatable bonds is 2. The molecular formula is C15H10Br2O3. The monoisotopic (exact) mass is 396 g/mol. The number of hydrogen-bond donors (Lipinski definition) is 1. The molecule has 0 fully saturated rings. The zero-order valence-electron chi connectivity index (χ0n) is 10.2. The van der Waals surface area contributed by atoms with Crippen LogP contribution >= 0.6 is 31.9 Å². The van der Waals surface area contributed by atoms with Gasteiger partial charge >= 0.3 is 5.97 Å². The van der Waals surface area contributed by atoms with Crippen LogP contribution in [0.5, 0.6) is 0 Å². The minimum atomic E-state index is -0.922. The van der Waals surface area contributed by atoms with Crippen LogP contribution in [0.25, 0.3) is 10.8 Å². The molecule has 0 radical (unpaired) electrons. The standard InChI is InChI=1S/C15H10Br2O3/c16-11-12(17)15(19)20-14(11)13(18)10-7-3-5-8-4-1-2-6-9(8)10/h1-7,13-14,18H/t13-,14-/m1/s1. The smallest absolute Gasteiger partial charge is 0.346 e. The summed E-state index contributed by atoms with van der Waals surface area (Å²) in [7, 11) is 0. The molecule has 0 unspecified atom stereocenters. The van der Waals surface area contributed by atoms with E-state index in [0.717, 1.165) is 16.3 Å². The first-order chi connectivity index (χ1) is 9.59. The third-order valence-electron chi connectivity index (χ3n) is 3.30. The van der Waals surface area contributed by atoms with Crippen LogP contribution in [0.15, 0.2) is 51.4 Å². The number of esters is 1. The summed E-state index contributed by atoms with van der Waals surface area (Å²) in [4.78, 5) is 11.5. The second-order valence-electron chi connectivity index (χ2n) is 4.50. The largest absolute Gasteiger partial charge is 0.450 e. The summed E-state index contributed by atoms with van der Waals surface area (Å²) in [5, 5.41) is 12.5. The summed E-state index contributed by atoms with van der Waals surface area (Å²) in [6, 6.07) is 13.5. The fraction of sp³-hybridized carbons (Fsp3) is 0.133. The SMILES string of the molecule is O=C1O[C@@H]([C@H](O)c2cccc3ccccc23)C(Br)=C1Br. The van der Waals surface area contributed by atoms with Gasteiger partial charge in [0.2, 0.25) is 0 Å². The minimum Gasteiger partial charge on any atom is -0.450 e. The Kier molecular flexibility index (Phi) is 3.67. The van der Waals surface area contributed by atoms with E-state index in [0.29, 0.717) is 8.96 Å². The van der Waals surface area contributed by atoms with Crippen LogP contribution in [-0.4, -0.2) is 17.2 Å². The van der Waals surface area contributed by atoms with E-state index in [4.69, 9.17) is 4.74 Å². The van der Waals surface area contributed by atoms with E-state index >= 15 is 0 Å². The second kappa shape index (κ2) is 5.31. The van der Waals surface area contributed by atoms with Gasteiger partial charge in [-0.3, -0.25) is 0 Å². The summed E-state index contributed by atoms with van der Waals surface area (Å²) in [6.45, 7) is 0. The Balaban J connectivity index is 2.06. The molecule has 0 bridgehead atoms. The molecule has 1 aliphatic rings. The van der Waals surface area contributed by atoms with Gasteiger partial charge in [0.25, 0.3) is 0 Å². The molecule has 2 aromatic carbocycles. The Bertz CT molecular complexity index is 719. The summed E-state index contributed by atoms with van der Waals surface area (Å²) in [6.07, 6.45) is -1.64. The number of cyclic esters (lactones) is 1. The van der Waals surface area contributed by atoms with Gasteiger partial charge in [0.15, 0.2) is 6.10 Å². The number of ether oxygens (including phenoxy) is 1. The Morgan fingerprint density at radius 3 is 2.50 bits per heavy atom. The van der Waals surface area contributed by atoms with Gasteiger partial charge in [0.1, 0.15) is 10.6 Å². The predicted molar refractivity (Wildman–Crippen MR) is 83.7 cm³/mol. The van der Waals surface area contributed by atoms with E-state index in [1.807, 2.05) is 42.5 Å². The molecular weight excluding hydrogens is 388 g/mol. The number of hydrogen-bond acceptors (Lipinski definition) is 3. The lowest BCUT2D eigenvalue weighted by atomic mass is 9.97. The second-order valence-corrected chi connectivity index (χ2v) is 6.15. The van der Waals surface area contributed by atoms with E-state index < -0.39 is 18.2 Å². The highest BCUT2D eigenvalue weighted by atomic mass is 79.9. The summed E-state index contributed by atoms with van der Waals surface area (Å²) in [5.74, 6) is -0.471. The van der Waals surface area contributed by atoms with Crippen LogP contribution in [0, 0.1) is 0 Å². The lowest BCUT2D eigenvalue weighted by molar-refractivity contribution is -0.143. The lowest BCUT2D eigenvalue weighted by Gasteiger charge is -2.20. The van der Waals surface area contributed by atoms with Crippen molar-refractivity contribution in [2.75, 3.05) is 0 Å². The van der Waals surface area contributed by atoms with Gasteiger partial charge in [-0.15, -0.1) is 0 Å². The molecule has 2 aromatic rings. The quantitative estimate of drug-likeness (QED) is 0.784. The maximum absolute atomic E-state index is 11.5. The van der Waals surface area contributed by atoms with Crippen LogP contribution < -0.4 is 0 Å². The molecule has 20 heavy (non-hydrogen) atoms. The highest BCUT2D eigenvalue weighted by Crippen LogP contribution is 2.39. The Hall–Kier alpha value is -1.17. The molecule has 3 nitrogen and oxygen atoms in total. The van der Waals surface area contributed by atoms with Gasteiger partial charge < -0.3 is 9.84 Å². The van der Waals surface area contributed by atoms with Crippen molar-refractivity contribution >= 4 is 48.6 Å². The fourth-order valence-corrected chi connectivity index (χ4v) is 3.14. The highest BCUT2D eigenvalue weighted by Gasteiger charge is 2.37. The molecule has 0 saturated heterocycles. The Morgan fingerprint density at radius 1 is 1.10 bits per heavy atom. The maximum Gasteiger partial charge on any atom is 0.346 e. The molecule has 0 aromatic heterocycles. The van der Waals surface area contributed by atoms with Crippen molar-refractivity contribution < 1.29 is 14.6 Å². The van der Waals surface area contributed by atoms with Crippen molar-refractivity contribution in [3.05, 3.63) is 57.0 Å². The van der Waals surface area contributed by atoms with Gasteiger partial charge in [-0.2, -0.15) is 0 Å². The number of aliphatic hydroxyl groups excluding tert-OH is 1. The maximum atomic E-state index is 11.5. The normalized spacial score (nSPS) is 20.4. The van der Waals surface area contributed by atoms with Gasteiger partial charge in [0.05, 0.1) is 4.48 Å². The van der Waals surface area contributed by atoms with Crippen LogP contribution in [-0.2, 0) is 9.53 Å². The molecule has 0 spiro atoms. The number of halogens is 2. The zero-order chi connectivity index (χ0) is 14.3. The molecule has 1 N–H and O–H groups in total. The van der Waals surface area contributed by atoms with Gasteiger partial charge in [-0.1, -0.05) is 42.5 Å². The summed E-state index contributed by atoms with van der Waals surface area (Å²) < 4.78 is 6.05. The molecule has 0 saturated carbocycles. The number of carbonyl (C=O) groups excluding carboxylic acids is 1. The molecule has 1 heterocycles. The van der Waals surface area contributed by atoms with E-state index in [9.17, 15) is 9.90 Å². The van der Waals surface area contributed by atoms with Crippen LogP contribution in [0.2, 0.25) is 0 Å². The van der Waals surface area contributed by atoms with Crippen molar-refractivity contribution in [3.63, 3.8) is 0 Å². The number of fused-ring (bicyclic) bond motifs is 1. The van der Waals surface area contributed by atoms with Crippen LogP contribution in [0.1, 0.15) is 11.7 Å². The third-order valence-corrected chi connectivity index (χ3v) is 5.43. The summed E-state index contributed by atoms with van der Waals surface area (Å²) in [5.41, 5.74) is 0.736. The van der Waals surface area contributed by atoms with E-state index in [1.54, 1.807) is 0 Å². The average Bonchev–Trinajstić information content (AvgIpc) is 2.73. The lowest BCUT2D eigenvalue weighted by Crippen LogP contribution is -2.20. The molecule has 5 heteroatoms. The van der Waals surface area contributed by atoms with E-state index in [1.165, 1.54) is 0 Å². The van der Waals surface area contributed by atoms with E-state index in [2.05, 4.69) is 31.9 Å². The third kappa shape index (κ3) is 2.20. The van der Waals surface area contributed by atoms with E-state index in [-0.39, 0.29) is 0 Å². The minimum absolute atomic E-state index is 0.321. The average molecular weight is 398 g/mol. The Morgan fingerprint density at radius 2 is 1.80 bits per heavy atom. The molecule has 2 atom stereocenters. The molecule has 0 amide bonds. The number of carbonyl (C=O) groups is 1. The molecule has 102 valence electrons. The molecule has 1 aliphatic heterocycles. The van der Waals surface area contributed by atoms with Crippen molar-refractivity contribution in [3.8, 4) is 0 Å². The fourth-order valence-electron chi connectivity index (χ4n) is 2.32.